The number of amides is 2. The van der Waals surface area contributed by atoms with Gasteiger partial charge in [0.25, 0.3) is 0 Å². The van der Waals surface area contributed by atoms with Crippen LogP contribution < -0.4 is 15.0 Å². The van der Waals surface area contributed by atoms with Crippen molar-refractivity contribution in [2.24, 2.45) is 0 Å². The van der Waals surface area contributed by atoms with E-state index in [1.54, 1.807) is 4.90 Å². The number of aryl methyl sites for hydroxylation is 3. The minimum atomic E-state index is -0.222. The van der Waals surface area contributed by atoms with Gasteiger partial charge in [0.05, 0.1) is 13.2 Å². The average Bonchev–Trinajstić information content (AvgIpc) is 3.01. The Balaban J connectivity index is 1.59. The first-order valence-corrected chi connectivity index (χ1v) is 10.9. The lowest BCUT2D eigenvalue weighted by molar-refractivity contribution is 0.256. The molecule has 1 N–H and O–H groups in total. The average molecular weight is 420 g/mol. The van der Waals surface area contributed by atoms with E-state index in [9.17, 15) is 4.79 Å². The molecule has 1 aromatic heterocycles. The number of ether oxygens (including phenoxy) is 1. The van der Waals surface area contributed by atoms with Crippen molar-refractivity contribution in [1.29, 1.82) is 0 Å². The van der Waals surface area contributed by atoms with Crippen molar-refractivity contribution in [1.82, 2.24) is 14.8 Å². The molecule has 7 heteroatoms. The molecule has 2 amide bonds. The van der Waals surface area contributed by atoms with Gasteiger partial charge in [-0.15, -0.1) is 0 Å². The van der Waals surface area contributed by atoms with Crippen LogP contribution in [0.15, 0.2) is 48.5 Å². The lowest BCUT2D eigenvalue weighted by Gasteiger charge is -2.22. The van der Waals surface area contributed by atoms with Gasteiger partial charge in [0.1, 0.15) is 11.6 Å². The number of nitrogens with one attached hydrogen (secondary N) is 1. The molecular formula is C24H29N5O2. The second-order valence-corrected chi connectivity index (χ2v) is 7.79. The van der Waals surface area contributed by atoms with E-state index in [2.05, 4.69) is 10.4 Å². The van der Waals surface area contributed by atoms with Crippen LogP contribution in [-0.4, -0.2) is 27.4 Å². The highest BCUT2D eigenvalue weighted by Gasteiger charge is 2.21. The Labute approximate surface area is 183 Å². The first-order valence-electron chi connectivity index (χ1n) is 10.9. The smallest absolute Gasteiger partial charge is 0.326 e. The van der Waals surface area contributed by atoms with E-state index in [4.69, 9.17) is 9.72 Å². The molecule has 0 spiro atoms. The van der Waals surface area contributed by atoms with Crippen molar-refractivity contribution in [3.8, 4) is 5.75 Å². The Bertz CT molecular complexity index is 1010. The van der Waals surface area contributed by atoms with Gasteiger partial charge in [0.2, 0.25) is 0 Å². The van der Waals surface area contributed by atoms with Crippen LogP contribution >= 0.6 is 0 Å². The number of urea groups is 1. The van der Waals surface area contributed by atoms with E-state index < -0.39 is 0 Å². The number of anilines is 2. The zero-order chi connectivity index (χ0) is 21.6. The number of hydrogen-bond acceptors (Lipinski definition) is 4. The molecule has 7 nitrogen and oxygen atoms in total. The predicted octanol–water partition coefficient (Wildman–Crippen LogP) is 4.95. The summed E-state index contributed by atoms with van der Waals surface area (Å²) in [4.78, 5) is 19.7. The normalized spacial score (nSPS) is 13.2. The van der Waals surface area contributed by atoms with E-state index in [1.807, 2.05) is 67.1 Å². The first-order chi connectivity index (χ1) is 15.1. The summed E-state index contributed by atoms with van der Waals surface area (Å²) in [6.07, 6.45) is 4.39. The van der Waals surface area contributed by atoms with Crippen molar-refractivity contribution < 1.29 is 9.53 Å². The second-order valence-electron chi connectivity index (χ2n) is 7.79. The molecule has 2 heterocycles. The van der Waals surface area contributed by atoms with Gasteiger partial charge in [-0.3, -0.25) is 4.90 Å². The third-order valence-corrected chi connectivity index (χ3v) is 5.34. The van der Waals surface area contributed by atoms with Gasteiger partial charge in [0, 0.05) is 24.3 Å². The van der Waals surface area contributed by atoms with Crippen LogP contribution in [0.25, 0.3) is 0 Å². The fourth-order valence-corrected chi connectivity index (χ4v) is 3.80. The van der Waals surface area contributed by atoms with E-state index in [-0.39, 0.29) is 6.03 Å². The van der Waals surface area contributed by atoms with E-state index in [1.165, 1.54) is 6.42 Å². The van der Waals surface area contributed by atoms with E-state index in [0.29, 0.717) is 19.0 Å². The van der Waals surface area contributed by atoms with Crippen molar-refractivity contribution in [2.45, 2.75) is 52.6 Å². The van der Waals surface area contributed by atoms with Crippen LogP contribution in [0, 0.1) is 6.92 Å². The number of benzene rings is 2. The van der Waals surface area contributed by atoms with Gasteiger partial charge in [-0.1, -0.05) is 18.6 Å². The maximum Gasteiger partial charge on any atom is 0.326 e. The van der Waals surface area contributed by atoms with Crippen LogP contribution in [0.3, 0.4) is 0 Å². The molecule has 31 heavy (non-hydrogen) atoms. The third-order valence-electron chi connectivity index (χ3n) is 5.34. The van der Waals surface area contributed by atoms with Crippen LogP contribution in [0.1, 0.15) is 43.4 Å². The van der Waals surface area contributed by atoms with Crippen LogP contribution in [0.5, 0.6) is 5.75 Å². The third kappa shape index (κ3) is 5.23. The molecule has 0 atom stereocenters. The van der Waals surface area contributed by atoms with Crippen molar-refractivity contribution in [2.75, 3.05) is 16.8 Å². The minimum absolute atomic E-state index is 0.222. The summed E-state index contributed by atoms with van der Waals surface area (Å²) in [6, 6.07) is 15.1. The second kappa shape index (κ2) is 9.64. The maximum absolute atomic E-state index is 13.3. The number of fused-ring (bicyclic) bond motifs is 1. The molecule has 1 aliphatic rings. The van der Waals surface area contributed by atoms with Crippen LogP contribution in [0.2, 0.25) is 0 Å². The molecule has 3 aromatic rings. The van der Waals surface area contributed by atoms with Gasteiger partial charge in [-0.05, 0) is 68.7 Å². The van der Waals surface area contributed by atoms with Gasteiger partial charge in [-0.25, -0.2) is 14.5 Å². The first kappa shape index (κ1) is 20.9. The molecule has 0 unspecified atom stereocenters. The molecule has 0 bridgehead atoms. The molecule has 4 rings (SSSR count). The fourth-order valence-electron chi connectivity index (χ4n) is 3.80. The zero-order valence-electron chi connectivity index (χ0n) is 18.2. The topological polar surface area (TPSA) is 72.3 Å². The Morgan fingerprint density at radius 2 is 2.00 bits per heavy atom. The predicted molar refractivity (Wildman–Crippen MR) is 122 cm³/mol. The van der Waals surface area contributed by atoms with Gasteiger partial charge in [-0.2, -0.15) is 5.10 Å². The number of nitrogens with zero attached hydrogens (tertiary/aromatic N) is 4. The number of carbonyl (C=O) groups is 1. The van der Waals surface area contributed by atoms with E-state index in [0.717, 1.165) is 54.3 Å². The number of carbonyl (C=O) groups excluding carboxylic acids is 1. The summed E-state index contributed by atoms with van der Waals surface area (Å²) in [5.41, 5.74) is 2.61. The molecule has 2 aromatic carbocycles. The molecule has 0 aliphatic carbocycles. The zero-order valence-corrected chi connectivity index (χ0v) is 18.2. The Morgan fingerprint density at radius 3 is 2.77 bits per heavy atom. The van der Waals surface area contributed by atoms with Gasteiger partial charge >= 0.3 is 6.03 Å². The Morgan fingerprint density at radius 1 is 1.16 bits per heavy atom. The summed E-state index contributed by atoms with van der Waals surface area (Å²) < 4.78 is 7.55. The van der Waals surface area contributed by atoms with Crippen molar-refractivity contribution in [3.63, 3.8) is 0 Å². The summed E-state index contributed by atoms with van der Waals surface area (Å²) in [7, 11) is 0. The standard InChI is InChI=1S/C24H29N5O2/c1-3-31-21-13-11-20(12-14-21)28(24(30)25-19-9-7-8-18(2)16-19)17-22-26-23-10-5-4-6-15-29(23)27-22/h7-9,11-14,16H,3-6,10,15,17H2,1-2H3,(H,25,30). The van der Waals surface area contributed by atoms with Crippen molar-refractivity contribution in [3.05, 3.63) is 65.7 Å². The monoisotopic (exact) mass is 419 g/mol. The largest absolute Gasteiger partial charge is 0.494 e. The van der Waals surface area contributed by atoms with E-state index >= 15 is 0 Å². The Kier molecular flexibility index (Phi) is 6.50. The fraction of sp³-hybridized carbons (Fsp3) is 0.375. The summed E-state index contributed by atoms with van der Waals surface area (Å²) in [5, 5.41) is 7.69. The number of rotatable bonds is 6. The summed E-state index contributed by atoms with van der Waals surface area (Å²) >= 11 is 0. The molecular weight excluding hydrogens is 390 g/mol. The van der Waals surface area contributed by atoms with Gasteiger partial charge < -0.3 is 10.1 Å². The van der Waals surface area contributed by atoms with Crippen LogP contribution in [0.4, 0.5) is 16.2 Å². The van der Waals surface area contributed by atoms with Crippen LogP contribution in [-0.2, 0) is 19.5 Å². The van der Waals surface area contributed by atoms with Gasteiger partial charge in [0.15, 0.2) is 5.82 Å². The molecule has 0 saturated carbocycles. The highest BCUT2D eigenvalue weighted by molar-refractivity contribution is 6.01. The molecule has 0 fully saturated rings. The summed E-state index contributed by atoms with van der Waals surface area (Å²) in [6.45, 7) is 5.74. The quantitative estimate of drug-likeness (QED) is 0.614. The molecule has 1 aliphatic heterocycles. The molecule has 0 saturated heterocycles. The summed E-state index contributed by atoms with van der Waals surface area (Å²) in [5.74, 6) is 2.44. The number of aromatic nitrogens is 3. The molecule has 0 radical (unpaired) electrons. The highest BCUT2D eigenvalue weighted by atomic mass is 16.5. The van der Waals surface area contributed by atoms with Crippen molar-refractivity contribution >= 4 is 17.4 Å². The highest BCUT2D eigenvalue weighted by Crippen LogP contribution is 2.23. The lowest BCUT2D eigenvalue weighted by Crippen LogP contribution is -2.35. The maximum atomic E-state index is 13.3. The SMILES string of the molecule is CCOc1ccc(N(Cc2nc3n(n2)CCCCC3)C(=O)Nc2cccc(C)c2)cc1. The molecule has 162 valence electrons. The minimum Gasteiger partial charge on any atom is -0.494 e. The number of hydrogen-bond donors (Lipinski definition) is 1. The Hall–Kier alpha value is -3.35. The lowest BCUT2D eigenvalue weighted by atomic mass is 10.2.